The van der Waals surface area contributed by atoms with Crippen LogP contribution in [-0.2, 0) is 0 Å². The second kappa shape index (κ2) is 8.73. The van der Waals surface area contributed by atoms with Gasteiger partial charge in [-0.25, -0.2) is 17.6 Å². The van der Waals surface area contributed by atoms with Gasteiger partial charge in [-0.15, -0.1) is 0 Å². The number of hydrogen-bond acceptors (Lipinski definition) is 0. The third-order valence-electron chi connectivity index (χ3n) is 2.75. The lowest BCUT2D eigenvalue weighted by Gasteiger charge is -2.06. The summed E-state index contributed by atoms with van der Waals surface area (Å²) in [7, 11) is 0. The van der Waals surface area contributed by atoms with E-state index in [1.165, 1.54) is 19.1 Å². The lowest BCUT2D eigenvalue weighted by molar-refractivity contribution is 0.558. The summed E-state index contributed by atoms with van der Waals surface area (Å²) >= 11 is 0. The van der Waals surface area contributed by atoms with E-state index < -0.39 is 23.3 Å². The van der Waals surface area contributed by atoms with Gasteiger partial charge in [-0.2, -0.15) is 0 Å². The van der Waals surface area contributed by atoms with E-state index in [4.69, 9.17) is 0 Å². The largest absolute Gasteiger partial charge is 0.204 e. The van der Waals surface area contributed by atoms with Crippen molar-refractivity contribution in [2.45, 2.75) is 6.92 Å². The summed E-state index contributed by atoms with van der Waals surface area (Å²) in [6.45, 7) is 21.4. The molecule has 0 heterocycles. The molecule has 0 aromatic heterocycles. The van der Waals surface area contributed by atoms with Gasteiger partial charge in [0.15, 0.2) is 23.3 Å². The van der Waals surface area contributed by atoms with E-state index in [2.05, 4.69) is 39.5 Å². The molecule has 0 saturated carbocycles. The third-order valence-corrected chi connectivity index (χ3v) is 2.75. The van der Waals surface area contributed by atoms with Crippen molar-refractivity contribution in [3.05, 3.63) is 109 Å². The van der Waals surface area contributed by atoms with E-state index in [0.717, 1.165) is 0 Å². The molecule has 0 aliphatic carbocycles. The Morgan fingerprint density at radius 1 is 0.696 bits per heavy atom. The van der Waals surface area contributed by atoms with Gasteiger partial charge in [-0.05, 0) is 29.7 Å². The molecule has 0 aliphatic rings. The molecule has 0 N–H and O–H groups in total. The zero-order chi connectivity index (χ0) is 18.3. The van der Waals surface area contributed by atoms with E-state index in [-0.39, 0.29) is 27.9 Å². The molecule has 0 nitrogen and oxygen atoms in total. The highest BCUT2D eigenvalue weighted by Crippen LogP contribution is 2.27. The van der Waals surface area contributed by atoms with Crippen LogP contribution < -0.4 is 0 Å². The Kier molecular flexibility index (Phi) is 7.74. The summed E-state index contributed by atoms with van der Waals surface area (Å²) in [6, 6.07) is 0. The molecule has 0 atom stereocenters. The van der Waals surface area contributed by atoms with Crippen LogP contribution in [0.15, 0.2) is 109 Å². The summed E-state index contributed by atoms with van der Waals surface area (Å²) in [5, 5.41) is 0. The van der Waals surface area contributed by atoms with Crippen molar-refractivity contribution < 1.29 is 17.6 Å². The summed E-state index contributed by atoms with van der Waals surface area (Å²) in [6.07, 6.45) is 3.16. The highest BCUT2D eigenvalue weighted by Gasteiger charge is 2.13. The predicted octanol–water partition coefficient (Wildman–Crippen LogP) is 6.83. The zero-order valence-corrected chi connectivity index (χ0v) is 13.0. The predicted molar refractivity (Wildman–Crippen MR) is 89.2 cm³/mol. The fourth-order valence-corrected chi connectivity index (χ4v) is 1.24. The molecular weight excluding hydrogens is 304 g/mol. The van der Waals surface area contributed by atoms with Crippen LogP contribution in [0.2, 0.25) is 0 Å². The maximum absolute atomic E-state index is 13.7. The first-order chi connectivity index (χ1) is 10.5. The van der Waals surface area contributed by atoms with E-state index in [0.29, 0.717) is 6.08 Å². The van der Waals surface area contributed by atoms with Crippen molar-refractivity contribution in [3.8, 4) is 0 Å². The smallest absolute Gasteiger partial charge is 0.166 e. The molecule has 0 fully saturated rings. The van der Waals surface area contributed by atoms with Gasteiger partial charge in [-0.3, -0.25) is 0 Å². The number of halogens is 4. The molecular formula is C19H18F4. The van der Waals surface area contributed by atoms with Crippen LogP contribution >= 0.6 is 0 Å². The van der Waals surface area contributed by atoms with Crippen LogP contribution in [-0.4, -0.2) is 0 Å². The highest BCUT2D eigenvalue weighted by molar-refractivity contribution is 5.53. The quantitative estimate of drug-likeness (QED) is 0.339. The van der Waals surface area contributed by atoms with E-state index in [1.54, 1.807) is 0 Å². The Hall–Kier alpha value is -2.62. The standard InChI is InChI=1S/C19H18F4/c1-8-16(20)18(22)14(6)12(4)9-10-13(5)15(7)19(23)17(21)11(2)3/h8-10H,1-2,4-7H2,3H3/b10-9-,18-16-,19-17-. The van der Waals surface area contributed by atoms with Gasteiger partial charge in [0.1, 0.15) is 0 Å². The van der Waals surface area contributed by atoms with Crippen LogP contribution in [0.25, 0.3) is 0 Å². The van der Waals surface area contributed by atoms with Crippen LogP contribution in [0.5, 0.6) is 0 Å². The summed E-state index contributed by atoms with van der Waals surface area (Å²) < 4.78 is 53.7. The lowest BCUT2D eigenvalue weighted by atomic mass is 10.0. The average molecular weight is 322 g/mol. The van der Waals surface area contributed by atoms with Gasteiger partial charge in [-0.1, -0.05) is 51.6 Å². The highest BCUT2D eigenvalue weighted by atomic mass is 19.2. The Morgan fingerprint density at radius 3 is 1.43 bits per heavy atom. The van der Waals surface area contributed by atoms with Crippen LogP contribution in [0.4, 0.5) is 17.6 Å². The average Bonchev–Trinajstić information content (AvgIpc) is 2.54. The molecule has 0 rings (SSSR count). The van der Waals surface area contributed by atoms with E-state index in [1.807, 2.05) is 0 Å². The molecule has 0 unspecified atom stereocenters. The van der Waals surface area contributed by atoms with Crippen molar-refractivity contribution in [2.75, 3.05) is 0 Å². The minimum Gasteiger partial charge on any atom is -0.204 e. The first kappa shape index (κ1) is 20.4. The van der Waals surface area contributed by atoms with Crippen molar-refractivity contribution in [3.63, 3.8) is 0 Å². The number of allylic oxidation sites excluding steroid dienone is 12. The summed E-state index contributed by atoms with van der Waals surface area (Å²) in [5.41, 5.74) is -0.639. The maximum Gasteiger partial charge on any atom is 0.166 e. The van der Waals surface area contributed by atoms with Gasteiger partial charge < -0.3 is 0 Å². The zero-order valence-electron chi connectivity index (χ0n) is 13.0. The summed E-state index contributed by atoms with van der Waals surface area (Å²) in [5.74, 6) is -4.71. The Labute approximate surface area is 134 Å². The Morgan fingerprint density at radius 2 is 1.09 bits per heavy atom. The van der Waals surface area contributed by atoms with Crippen LogP contribution in [0.3, 0.4) is 0 Å². The molecule has 0 aromatic rings. The molecule has 0 amide bonds. The fraction of sp³-hybridized carbons (Fsp3) is 0.0526. The van der Waals surface area contributed by atoms with Gasteiger partial charge >= 0.3 is 0 Å². The molecule has 4 heteroatoms. The summed E-state index contributed by atoms with van der Waals surface area (Å²) in [4.78, 5) is 0. The molecule has 0 radical (unpaired) electrons. The van der Waals surface area contributed by atoms with Crippen LogP contribution in [0, 0.1) is 0 Å². The number of rotatable bonds is 8. The van der Waals surface area contributed by atoms with Crippen LogP contribution in [0.1, 0.15) is 6.92 Å². The van der Waals surface area contributed by atoms with Gasteiger partial charge in [0.05, 0.1) is 0 Å². The van der Waals surface area contributed by atoms with Crippen molar-refractivity contribution in [2.24, 2.45) is 0 Å². The van der Waals surface area contributed by atoms with E-state index in [9.17, 15) is 17.6 Å². The maximum atomic E-state index is 13.7. The SMILES string of the molecule is C=C/C(F)=C(/F)C(=C)C(=C)/C=C\C(=C)C(=C)/C(F)=C(/F)C(=C)C. The van der Waals surface area contributed by atoms with Gasteiger partial charge in [0.25, 0.3) is 0 Å². The molecule has 0 aromatic carbocycles. The second-order valence-corrected chi connectivity index (χ2v) is 4.62. The minimum atomic E-state index is -1.21. The Bertz CT molecular complexity index is 682. The molecule has 0 bridgehead atoms. The third kappa shape index (κ3) is 5.58. The van der Waals surface area contributed by atoms with Crippen molar-refractivity contribution in [1.29, 1.82) is 0 Å². The normalized spacial score (nSPS) is 13.1. The first-order valence-corrected chi connectivity index (χ1v) is 6.38. The fourth-order valence-electron chi connectivity index (χ4n) is 1.24. The van der Waals surface area contributed by atoms with E-state index >= 15 is 0 Å². The van der Waals surface area contributed by atoms with Gasteiger partial charge in [0.2, 0.25) is 0 Å². The monoisotopic (exact) mass is 322 g/mol. The topological polar surface area (TPSA) is 0 Å². The molecule has 0 aliphatic heterocycles. The van der Waals surface area contributed by atoms with Crippen molar-refractivity contribution in [1.82, 2.24) is 0 Å². The second-order valence-electron chi connectivity index (χ2n) is 4.62. The molecule has 0 spiro atoms. The molecule has 0 saturated heterocycles. The van der Waals surface area contributed by atoms with Crippen molar-refractivity contribution >= 4 is 0 Å². The number of hydrogen-bond donors (Lipinski definition) is 0. The lowest BCUT2D eigenvalue weighted by Crippen LogP contribution is -1.91. The Balaban J connectivity index is 5.23. The molecule has 122 valence electrons. The van der Waals surface area contributed by atoms with Gasteiger partial charge in [0, 0.05) is 11.1 Å². The molecule has 23 heavy (non-hydrogen) atoms. The first-order valence-electron chi connectivity index (χ1n) is 6.38. The minimum absolute atomic E-state index is 0.0261.